The topological polar surface area (TPSA) is 49.0 Å². The average Bonchev–Trinajstić information content (AvgIpc) is 2.88. The molecule has 5 nitrogen and oxygen atoms in total. The SMILES string of the molecule is CCOC1CC(Cn2cnc3c(c(C)c(C)n3Cc3ccccc3)c2=O)C1. The van der Waals surface area contributed by atoms with Gasteiger partial charge in [-0.05, 0) is 50.7 Å². The molecule has 0 bridgehead atoms. The third kappa shape index (κ3) is 3.32. The molecule has 27 heavy (non-hydrogen) atoms. The molecule has 2 heterocycles. The molecule has 1 fully saturated rings. The van der Waals surface area contributed by atoms with Crippen LogP contribution in [0.15, 0.2) is 41.5 Å². The number of rotatable bonds is 6. The minimum absolute atomic E-state index is 0.0762. The van der Waals surface area contributed by atoms with Gasteiger partial charge in [0, 0.05) is 25.4 Å². The van der Waals surface area contributed by atoms with Gasteiger partial charge in [0.05, 0.1) is 17.8 Å². The molecule has 4 rings (SSSR count). The molecule has 0 amide bonds. The third-order valence-electron chi connectivity index (χ3n) is 5.83. The molecule has 0 N–H and O–H groups in total. The van der Waals surface area contributed by atoms with E-state index in [9.17, 15) is 4.79 Å². The molecule has 1 aliphatic rings. The lowest BCUT2D eigenvalue weighted by molar-refractivity contribution is -0.0291. The van der Waals surface area contributed by atoms with Crippen molar-refractivity contribution in [2.75, 3.05) is 6.61 Å². The van der Waals surface area contributed by atoms with Gasteiger partial charge in [-0.2, -0.15) is 0 Å². The number of aromatic nitrogens is 3. The minimum Gasteiger partial charge on any atom is -0.378 e. The van der Waals surface area contributed by atoms with E-state index in [2.05, 4.69) is 28.6 Å². The van der Waals surface area contributed by atoms with Crippen LogP contribution in [0.3, 0.4) is 0 Å². The predicted molar refractivity (Wildman–Crippen MR) is 107 cm³/mol. The molecule has 0 spiro atoms. The van der Waals surface area contributed by atoms with Crippen molar-refractivity contribution >= 4 is 11.0 Å². The zero-order chi connectivity index (χ0) is 19.0. The normalized spacial score (nSPS) is 19.4. The summed E-state index contributed by atoms with van der Waals surface area (Å²) >= 11 is 0. The number of hydrogen-bond donors (Lipinski definition) is 0. The summed E-state index contributed by atoms with van der Waals surface area (Å²) < 4.78 is 9.57. The van der Waals surface area contributed by atoms with Crippen molar-refractivity contribution in [2.24, 2.45) is 5.92 Å². The highest BCUT2D eigenvalue weighted by atomic mass is 16.5. The Hall–Kier alpha value is -2.40. The van der Waals surface area contributed by atoms with Gasteiger partial charge < -0.3 is 9.30 Å². The molecule has 2 aromatic heterocycles. The Morgan fingerprint density at radius 2 is 1.93 bits per heavy atom. The molecular formula is C22H27N3O2. The molecule has 1 saturated carbocycles. The van der Waals surface area contributed by atoms with E-state index in [0.717, 1.165) is 54.8 Å². The van der Waals surface area contributed by atoms with Gasteiger partial charge in [-0.25, -0.2) is 4.98 Å². The standard InChI is InChI=1S/C22H27N3O2/c1-4-27-19-10-18(11-19)12-24-14-23-21-20(22(24)26)15(2)16(3)25(21)13-17-8-6-5-7-9-17/h5-9,14,18-19H,4,10-13H2,1-3H3. The smallest absolute Gasteiger partial charge is 0.263 e. The number of ether oxygens (including phenoxy) is 1. The van der Waals surface area contributed by atoms with Crippen LogP contribution in [-0.2, 0) is 17.8 Å². The van der Waals surface area contributed by atoms with Gasteiger partial charge in [0.15, 0.2) is 0 Å². The summed E-state index contributed by atoms with van der Waals surface area (Å²) in [5.41, 5.74) is 4.22. The van der Waals surface area contributed by atoms with Gasteiger partial charge in [-0.15, -0.1) is 0 Å². The van der Waals surface area contributed by atoms with E-state index in [0.29, 0.717) is 12.0 Å². The maximum Gasteiger partial charge on any atom is 0.263 e. The second kappa shape index (κ2) is 7.31. The van der Waals surface area contributed by atoms with Gasteiger partial charge >= 0.3 is 0 Å². The highest BCUT2D eigenvalue weighted by Crippen LogP contribution is 2.31. The predicted octanol–water partition coefficient (Wildman–Crippen LogP) is 3.68. The van der Waals surface area contributed by atoms with E-state index in [1.54, 1.807) is 10.9 Å². The van der Waals surface area contributed by atoms with Gasteiger partial charge in [0.25, 0.3) is 5.56 Å². The van der Waals surface area contributed by atoms with E-state index < -0.39 is 0 Å². The molecular weight excluding hydrogens is 338 g/mol. The van der Waals surface area contributed by atoms with Crippen molar-refractivity contribution in [1.29, 1.82) is 0 Å². The van der Waals surface area contributed by atoms with Crippen LogP contribution in [0.2, 0.25) is 0 Å². The fourth-order valence-electron chi connectivity index (χ4n) is 4.12. The zero-order valence-electron chi connectivity index (χ0n) is 16.3. The van der Waals surface area contributed by atoms with Crippen molar-refractivity contribution < 1.29 is 4.74 Å². The van der Waals surface area contributed by atoms with Crippen LogP contribution in [0.1, 0.15) is 36.6 Å². The van der Waals surface area contributed by atoms with Crippen LogP contribution in [0, 0.1) is 19.8 Å². The van der Waals surface area contributed by atoms with Crippen molar-refractivity contribution in [3.63, 3.8) is 0 Å². The monoisotopic (exact) mass is 365 g/mol. The van der Waals surface area contributed by atoms with Crippen LogP contribution in [0.4, 0.5) is 0 Å². The third-order valence-corrected chi connectivity index (χ3v) is 5.83. The molecule has 1 aliphatic carbocycles. The van der Waals surface area contributed by atoms with Crippen molar-refractivity contribution in [1.82, 2.24) is 14.1 Å². The van der Waals surface area contributed by atoms with Gasteiger partial charge in [0.2, 0.25) is 0 Å². The highest BCUT2D eigenvalue weighted by Gasteiger charge is 2.30. The quantitative estimate of drug-likeness (QED) is 0.669. The minimum atomic E-state index is 0.0762. The maximum absolute atomic E-state index is 13.1. The maximum atomic E-state index is 13.1. The van der Waals surface area contributed by atoms with Crippen molar-refractivity contribution in [3.8, 4) is 0 Å². The Kier molecular flexibility index (Phi) is 4.87. The Labute approximate surface area is 159 Å². The van der Waals surface area contributed by atoms with E-state index in [-0.39, 0.29) is 5.56 Å². The van der Waals surface area contributed by atoms with Gasteiger partial charge in [-0.1, -0.05) is 30.3 Å². The Bertz CT molecular complexity index is 998. The molecule has 3 aromatic rings. The molecule has 0 unspecified atom stereocenters. The molecule has 0 radical (unpaired) electrons. The van der Waals surface area contributed by atoms with Crippen molar-refractivity contribution in [2.45, 2.75) is 52.8 Å². The number of hydrogen-bond acceptors (Lipinski definition) is 3. The summed E-state index contributed by atoms with van der Waals surface area (Å²) in [5, 5.41) is 0.756. The van der Waals surface area contributed by atoms with Crippen LogP contribution in [0.25, 0.3) is 11.0 Å². The lowest BCUT2D eigenvalue weighted by Crippen LogP contribution is -2.36. The first kappa shape index (κ1) is 18.0. The van der Waals surface area contributed by atoms with Crippen molar-refractivity contribution in [3.05, 3.63) is 63.8 Å². The second-order valence-electron chi connectivity index (χ2n) is 7.60. The zero-order valence-corrected chi connectivity index (χ0v) is 16.3. The molecule has 5 heteroatoms. The lowest BCUT2D eigenvalue weighted by Gasteiger charge is -2.35. The fraction of sp³-hybridized carbons (Fsp3) is 0.455. The number of aryl methyl sites for hydroxylation is 1. The van der Waals surface area contributed by atoms with Gasteiger partial charge in [0.1, 0.15) is 5.65 Å². The molecule has 1 aromatic carbocycles. The first-order chi connectivity index (χ1) is 13.1. The lowest BCUT2D eigenvalue weighted by atomic mass is 9.82. The fourth-order valence-corrected chi connectivity index (χ4v) is 4.12. The summed E-state index contributed by atoms with van der Waals surface area (Å²) in [6, 6.07) is 10.3. The van der Waals surface area contributed by atoms with E-state index in [4.69, 9.17) is 4.74 Å². The second-order valence-corrected chi connectivity index (χ2v) is 7.60. The number of fused-ring (bicyclic) bond motifs is 1. The van der Waals surface area contributed by atoms with E-state index in [1.165, 1.54) is 5.56 Å². The summed E-state index contributed by atoms with van der Waals surface area (Å²) in [6.45, 7) is 8.35. The van der Waals surface area contributed by atoms with E-state index >= 15 is 0 Å². The summed E-state index contributed by atoms with van der Waals surface area (Å²) in [4.78, 5) is 17.8. The van der Waals surface area contributed by atoms with Gasteiger partial charge in [-0.3, -0.25) is 9.36 Å². The van der Waals surface area contributed by atoms with Crippen LogP contribution < -0.4 is 5.56 Å². The number of nitrogens with zero attached hydrogens (tertiary/aromatic N) is 3. The summed E-state index contributed by atoms with van der Waals surface area (Å²) in [6.07, 6.45) is 4.15. The number of benzene rings is 1. The van der Waals surface area contributed by atoms with Crippen LogP contribution in [-0.4, -0.2) is 26.8 Å². The summed E-state index contributed by atoms with van der Waals surface area (Å²) in [7, 11) is 0. The Morgan fingerprint density at radius 1 is 1.19 bits per heavy atom. The Balaban J connectivity index is 1.64. The molecule has 0 saturated heterocycles. The molecule has 142 valence electrons. The summed E-state index contributed by atoms with van der Waals surface area (Å²) in [5.74, 6) is 0.506. The largest absolute Gasteiger partial charge is 0.378 e. The highest BCUT2D eigenvalue weighted by molar-refractivity contribution is 5.81. The van der Waals surface area contributed by atoms with E-state index in [1.807, 2.05) is 32.0 Å². The van der Waals surface area contributed by atoms with Crippen LogP contribution in [0.5, 0.6) is 0 Å². The first-order valence-electron chi connectivity index (χ1n) is 9.78. The Morgan fingerprint density at radius 3 is 2.63 bits per heavy atom. The average molecular weight is 365 g/mol. The van der Waals surface area contributed by atoms with Crippen LogP contribution >= 0.6 is 0 Å². The molecule has 0 atom stereocenters. The first-order valence-corrected chi connectivity index (χ1v) is 9.78. The molecule has 0 aliphatic heterocycles.